The van der Waals surface area contributed by atoms with E-state index in [2.05, 4.69) is 10.1 Å². The third-order valence-electron chi connectivity index (χ3n) is 3.35. The Balaban J connectivity index is 1.84. The molecule has 1 heterocycles. The Bertz CT molecular complexity index is 681. The average Bonchev–Trinajstić information content (AvgIpc) is 3.06. The first-order chi connectivity index (χ1) is 12.0. The van der Waals surface area contributed by atoms with Gasteiger partial charge in [0.05, 0.1) is 13.7 Å². The van der Waals surface area contributed by atoms with E-state index in [0.717, 1.165) is 5.56 Å². The van der Waals surface area contributed by atoms with E-state index < -0.39 is 6.61 Å². The summed E-state index contributed by atoms with van der Waals surface area (Å²) in [7, 11) is 3.24. The van der Waals surface area contributed by atoms with Crippen LogP contribution in [0.5, 0.6) is 11.5 Å². The summed E-state index contributed by atoms with van der Waals surface area (Å²) in [6.45, 7) is -1.67. The Morgan fingerprint density at radius 2 is 2.12 bits per heavy atom. The number of ether oxygens (including phenoxy) is 2. The molecule has 0 aliphatic rings. The van der Waals surface area contributed by atoms with Crippen molar-refractivity contribution in [3.63, 3.8) is 0 Å². The van der Waals surface area contributed by atoms with Crippen molar-refractivity contribution in [2.24, 2.45) is 0 Å². The molecule has 1 aromatic carbocycles. The van der Waals surface area contributed by atoms with E-state index in [4.69, 9.17) is 4.74 Å². The van der Waals surface area contributed by atoms with Gasteiger partial charge in [0.15, 0.2) is 11.5 Å². The predicted molar refractivity (Wildman–Crippen MR) is 92.1 cm³/mol. The van der Waals surface area contributed by atoms with Crippen LogP contribution in [-0.2, 0) is 17.9 Å². The lowest BCUT2D eigenvalue weighted by molar-refractivity contribution is -0.122. The topological polar surface area (TPSA) is 50.8 Å². The summed E-state index contributed by atoms with van der Waals surface area (Å²) in [5.74, 6) is 0.0380. The molecule has 0 unspecified atom stereocenters. The van der Waals surface area contributed by atoms with E-state index in [1.807, 2.05) is 29.5 Å². The highest BCUT2D eigenvalue weighted by Crippen LogP contribution is 2.29. The number of methoxy groups -OCH3 is 1. The monoisotopic (exact) mass is 370 g/mol. The van der Waals surface area contributed by atoms with E-state index in [9.17, 15) is 13.6 Å². The molecular formula is C17H20F2N2O3S. The zero-order valence-electron chi connectivity index (χ0n) is 14.0. The number of likely N-dealkylation sites (N-methyl/N-ethyl adjacent to an activating group) is 1. The van der Waals surface area contributed by atoms with Gasteiger partial charge in [0.1, 0.15) is 0 Å². The molecule has 8 heteroatoms. The molecule has 1 aromatic heterocycles. The molecule has 1 amide bonds. The van der Waals surface area contributed by atoms with Crippen molar-refractivity contribution < 1.29 is 23.0 Å². The fourth-order valence-corrected chi connectivity index (χ4v) is 3.03. The summed E-state index contributed by atoms with van der Waals surface area (Å²) in [6.07, 6.45) is 0. The van der Waals surface area contributed by atoms with Crippen LogP contribution in [-0.4, -0.2) is 38.1 Å². The minimum absolute atomic E-state index is 0.0387. The number of carbonyl (C=O) groups excluding carboxylic acids is 1. The minimum atomic E-state index is -2.92. The van der Waals surface area contributed by atoms with Gasteiger partial charge in [0.25, 0.3) is 0 Å². The van der Waals surface area contributed by atoms with Crippen LogP contribution in [0.1, 0.15) is 10.4 Å². The third-order valence-corrected chi connectivity index (χ3v) is 4.21. The molecule has 5 nitrogen and oxygen atoms in total. The van der Waals surface area contributed by atoms with Gasteiger partial charge in [0.2, 0.25) is 5.91 Å². The normalized spacial score (nSPS) is 11.0. The van der Waals surface area contributed by atoms with Gasteiger partial charge in [-0.3, -0.25) is 9.69 Å². The van der Waals surface area contributed by atoms with Gasteiger partial charge < -0.3 is 14.8 Å². The third kappa shape index (κ3) is 6.32. The molecule has 1 N–H and O–H groups in total. The van der Waals surface area contributed by atoms with Gasteiger partial charge in [-0.05, 0) is 36.2 Å². The molecule has 0 saturated carbocycles. The Hall–Kier alpha value is -2.19. The molecule has 0 saturated heterocycles. The molecule has 2 rings (SSSR count). The van der Waals surface area contributed by atoms with Crippen molar-refractivity contribution in [2.45, 2.75) is 19.7 Å². The van der Waals surface area contributed by atoms with Crippen molar-refractivity contribution >= 4 is 17.2 Å². The first-order valence-corrected chi connectivity index (χ1v) is 8.45. The molecule has 2 aromatic rings. The number of rotatable bonds is 9. The van der Waals surface area contributed by atoms with Crippen molar-refractivity contribution in [1.82, 2.24) is 10.2 Å². The van der Waals surface area contributed by atoms with Gasteiger partial charge in [-0.2, -0.15) is 8.78 Å². The van der Waals surface area contributed by atoms with Crippen LogP contribution in [0.3, 0.4) is 0 Å². The van der Waals surface area contributed by atoms with E-state index in [0.29, 0.717) is 6.54 Å². The summed E-state index contributed by atoms with van der Waals surface area (Å²) in [6, 6.07) is 8.57. The lowest BCUT2D eigenvalue weighted by Crippen LogP contribution is -2.34. The fourth-order valence-electron chi connectivity index (χ4n) is 2.24. The number of hydrogen-bond acceptors (Lipinski definition) is 5. The second-order valence-electron chi connectivity index (χ2n) is 5.39. The largest absolute Gasteiger partial charge is 0.493 e. The molecule has 0 spiro atoms. The number of nitrogens with one attached hydrogen (secondary N) is 1. The number of nitrogens with zero attached hydrogens (tertiary/aromatic N) is 1. The second-order valence-corrected chi connectivity index (χ2v) is 6.42. The van der Waals surface area contributed by atoms with E-state index in [-0.39, 0.29) is 30.5 Å². The van der Waals surface area contributed by atoms with Crippen molar-refractivity contribution in [3.8, 4) is 11.5 Å². The molecule has 0 aliphatic carbocycles. The molecule has 136 valence electrons. The number of amides is 1. The molecule has 0 atom stereocenters. The van der Waals surface area contributed by atoms with Crippen LogP contribution in [0.25, 0.3) is 0 Å². The number of hydrogen-bond donors (Lipinski definition) is 1. The SMILES string of the molecule is COc1cc(CNC(=O)CN(C)Cc2cccs2)ccc1OC(F)F. The summed E-state index contributed by atoms with van der Waals surface area (Å²) < 4.78 is 34.0. The van der Waals surface area contributed by atoms with E-state index >= 15 is 0 Å². The number of thiophene rings is 1. The van der Waals surface area contributed by atoms with Crippen LogP contribution in [0.4, 0.5) is 8.78 Å². The summed E-state index contributed by atoms with van der Waals surface area (Å²) >= 11 is 1.65. The zero-order valence-corrected chi connectivity index (χ0v) is 14.8. The van der Waals surface area contributed by atoms with Gasteiger partial charge in [-0.1, -0.05) is 12.1 Å². The van der Waals surface area contributed by atoms with Gasteiger partial charge in [-0.25, -0.2) is 0 Å². The fraction of sp³-hybridized carbons (Fsp3) is 0.353. The lowest BCUT2D eigenvalue weighted by Gasteiger charge is -2.16. The Morgan fingerprint density at radius 1 is 1.32 bits per heavy atom. The first-order valence-electron chi connectivity index (χ1n) is 7.57. The Labute approximate surface area is 149 Å². The number of halogens is 2. The van der Waals surface area contributed by atoms with Crippen molar-refractivity contribution in [2.75, 3.05) is 20.7 Å². The second kappa shape index (κ2) is 9.33. The van der Waals surface area contributed by atoms with Crippen molar-refractivity contribution in [1.29, 1.82) is 0 Å². The Morgan fingerprint density at radius 3 is 2.76 bits per heavy atom. The minimum Gasteiger partial charge on any atom is -0.493 e. The maximum Gasteiger partial charge on any atom is 0.387 e. The highest BCUT2D eigenvalue weighted by Gasteiger charge is 2.12. The number of carbonyl (C=O) groups is 1. The molecular weight excluding hydrogens is 350 g/mol. The van der Waals surface area contributed by atoms with Crippen molar-refractivity contribution in [3.05, 3.63) is 46.2 Å². The Kier molecular flexibility index (Phi) is 7.15. The summed E-state index contributed by atoms with van der Waals surface area (Å²) in [5.41, 5.74) is 0.729. The standard InChI is InChI=1S/C17H20F2N2O3S/c1-21(10-13-4-3-7-25-13)11-16(22)20-9-12-5-6-14(24-17(18)19)15(8-12)23-2/h3-8,17H,9-11H2,1-2H3,(H,20,22). The maximum atomic E-state index is 12.3. The van der Waals surface area contributed by atoms with Crippen LogP contribution in [0.15, 0.2) is 35.7 Å². The van der Waals surface area contributed by atoms with Crippen LogP contribution in [0, 0.1) is 0 Å². The highest BCUT2D eigenvalue weighted by atomic mass is 32.1. The van der Waals surface area contributed by atoms with E-state index in [1.54, 1.807) is 23.5 Å². The van der Waals surface area contributed by atoms with Crippen LogP contribution >= 0.6 is 11.3 Å². The molecule has 0 aliphatic heterocycles. The first kappa shape index (κ1) is 19.1. The van der Waals surface area contributed by atoms with Gasteiger partial charge in [-0.15, -0.1) is 11.3 Å². The van der Waals surface area contributed by atoms with E-state index in [1.165, 1.54) is 18.1 Å². The molecule has 0 radical (unpaired) electrons. The average molecular weight is 370 g/mol. The van der Waals surface area contributed by atoms with Gasteiger partial charge in [0, 0.05) is 18.0 Å². The van der Waals surface area contributed by atoms with Crippen LogP contribution in [0.2, 0.25) is 0 Å². The summed E-state index contributed by atoms with van der Waals surface area (Å²) in [4.78, 5) is 15.1. The summed E-state index contributed by atoms with van der Waals surface area (Å²) in [5, 5.41) is 4.80. The zero-order chi connectivity index (χ0) is 18.2. The highest BCUT2D eigenvalue weighted by molar-refractivity contribution is 7.09. The molecule has 0 bridgehead atoms. The predicted octanol–water partition coefficient (Wildman–Crippen LogP) is 3.11. The maximum absolute atomic E-state index is 12.3. The number of alkyl halides is 2. The quantitative estimate of drug-likeness (QED) is 0.737. The lowest BCUT2D eigenvalue weighted by atomic mass is 10.2. The van der Waals surface area contributed by atoms with Crippen LogP contribution < -0.4 is 14.8 Å². The smallest absolute Gasteiger partial charge is 0.387 e. The molecule has 0 fully saturated rings. The number of benzene rings is 1. The molecule has 25 heavy (non-hydrogen) atoms. The van der Waals surface area contributed by atoms with Gasteiger partial charge >= 0.3 is 6.61 Å².